The summed E-state index contributed by atoms with van der Waals surface area (Å²) in [5, 5.41) is 17.7. The van der Waals surface area contributed by atoms with Gasteiger partial charge in [0.05, 0.1) is 13.2 Å². The van der Waals surface area contributed by atoms with Gasteiger partial charge in [-0.2, -0.15) is 5.26 Å². The average Bonchev–Trinajstić information content (AvgIpc) is 3.34. The van der Waals surface area contributed by atoms with Gasteiger partial charge in [-0.25, -0.2) is 0 Å². The van der Waals surface area contributed by atoms with Crippen LogP contribution in [0, 0.1) is 23.2 Å². The van der Waals surface area contributed by atoms with E-state index in [2.05, 4.69) is 22.8 Å². The lowest BCUT2D eigenvalue weighted by Gasteiger charge is -2.21. The van der Waals surface area contributed by atoms with Crippen LogP contribution in [-0.4, -0.2) is 36.3 Å². The molecule has 0 saturated heterocycles. The minimum absolute atomic E-state index is 0.147. The zero-order valence-corrected chi connectivity index (χ0v) is 12.3. The minimum atomic E-state index is -0.147. The summed E-state index contributed by atoms with van der Waals surface area (Å²) in [6, 6.07) is 8.59. The number of methoxy groups -OCH3 is 1. The SMILES string of the molecule is COc1ccc(C#CCO)c(CN(CCC#N)C2CC2)c1. The molecule has 0 amide bonds. The van der Waals surface area contributed by atoms with Gasteiger partial charge in [-0.15, -0.1) is 0 Å². The Morgan fingerprint density at radius 2 is 2.24 bits per heavy atom. The van der Waals surface area contributed by atoms with E-state index in [4.69, 9.17) is 15.1 Å². The van der Waals surface area contributed by atoms with E-state index in [0.29, 0.717) is 12.5 Å². The summed E-state index contributed by atoms with van der Waals surface area (Å²) in [4.78, 5) is 2.34. The van der Waals surface area contributed by atoms with E-state index in [0.717, 1.165) is 30.0 Å². The van der Waals surface area contributed by atoms with Crippen LogP contribution in [0.4, 0.5) is 0 Å². The standard InChI is InChI=1S/C17H20N2O2/c1-21-17-8-5-14(4-2-11-20)15(12-17)13-19(10-3-9-18)16-6-7-16/h5,8,12,16,20H,3,6-7,10-11,13H2,1H3. The van der Waals surface area contributed by atoms with Crippen molar-refractivity contribution in [1.82, 2.24) is 4.90 Å². The quantitative estimate of drug-likeness (QED) is 0.811. The second-order valence-corrected chi connectivity index (χ2v) is 5.09. The summed E-state index contributed by atoms with van der Waals surface area (Å²) in [6.07, 6.45) is 2.94. The fourth-order valence-electron chi connectivity index (χ4n) is 2.33. The molecule has 1 aromatic rings. The molecule has 21 heavy (non-hydrogen) atoms. The molecule has 2 rings (SSSR count). The summed E-state index contributed by atoms with van der Waals surface area (Å²) in [6.45, 7) is 1.40. The highest BCUT2D eigenvalue weighted by Gasteiger charge is 2.28. The van der Waals surface area contributed by atoms with Gasteiger partial charge < -0.3 is 9.84 Å². The number of aliphatic hydroxyl groups is 1. The largest absolute Gasteiger partial charge is 0.497 e. The number of nitrogens with zero attached hydrogens (tertiary/aromatic N) is 2. The van der Waals surface area contributed by atoms with Crippen LogP contribution in [0.3, 0.4) is 0 Å². The summed E-state index contributed by atoms with van der Waals surface area (Å²) < 4.78 is 5.28. The highest BCUT2D eigenvalue weighted by atomic mass is 16.5. The number of hydrogen-bond donors (Lipinski definition) is 1. The highest BCUT2D eigenvalue weighted by Crippen LogP contribution is 2.29. The predicted molar refractivity (Wildman–Crippen MR) is 80.6 cm³/mol. The third kappa shape index (κ3) is 4.49. The van der Waals surface area contributed by atoms with Crippen LogP contribution < -0.4 is 4.74 Å². The van der Waals surface area contributed by atoms with E-state index in [1.165, 1.54) is 12.8 Å². The van der Waals surface area contributed by atoms with Gasteiger partial charge in [0.2, 0.25) is 0 Å². The molecule has 0 aromatic heterocycles. The summed E-state index contributed by atoms with van der Waals surface area (Å²) in [5.41, 5.74) is 1.99. The Kier molecular flexibility index (Phi) is 5.63. The van der Waals surface area contributed by atoms with Crippen molar-refractivity contribution in [3.05, 3.63) is 29.3 Å². The third-order valence-electron chi connectivity index (χ3n) is 3.56. The first kappa shape index (κ1) is 15.4. The van der Waals surface area contributed by atoms with Crippen molar-refractivity contribution in [3.63, 3.8) is 0 Å². The molecular weight excluding hydrogens is 264 g/mol. The second kappa shape index (κ2) is 7.69. The van der Waals surface area contributed by atoms with Crippen molar-refractivity contribution in [2.75, 3.05) is 20.3 Å². The molecule has 0 bridgehead atoms. The van der Waals surface area contributed by atoms with Crippen molar-refractivity contribution in [2.24, 2.45) is 0 Å². The summed E-state index contributed by atoms with van der Waals surface area (Å²) in [7, 11) is 1.65. The molecule has 0 atom stereocenters. The molecule has 1 aliphatic rings. The molecule has 0 heterocycles. The lowest BCUT2D eigenvalue weighted by Crippen LogP contribution is -2.27. The zero-order chi connectivity index (χ0) is 15.1. The fraction of sp³-hybridized carbons (Fsp3) is 0.471. The maximum absolute atomic E-state index is 8.87. The maximum Gasteiger partial charge on any atom is 0.119 e. The number of ether oxygens (including phenoxy) is 1. The summed E-state index contributed by atoms with van der Waals surface area (Å²) in [5.74, 6) is 6.49. The molecule has 4 nitrogen and oxygen atoms in total. The van der Waals surface area contributed by atoms with Crippen molar-refractivity contribution in [1.29, 1.82) is 5.26 Å². The lowest BCUT2D eigenvalue weighted by atomic mass is 10.1. The van der Waals surface area contributed by atoms with Crippen LogP contribution >= 0.6 is 0 Å². The molecule has 1 aliphatic carbocycles. The van der Waals surface area contributed by atoms with Crippen LogP contribution in [-0.2, 0) is 6.54 Å². The van der Waals surface area contributed by atoms with Gasteiger partial charge in [0.15, 0.2) is 0 Å². The van der Waals surface area contributed by atoms with Gasteiger partial charge in [0.25, 0.3) is 0 Å². The molecule has 1 fully saturated rings. The fourth-order valence-corrected chi connectivity index (χ4v) is 2.33. The van der Waals surface area contributed by atoms with E-state index >= 15 is 0 Å². The first-order chi connectivity index (χ1) is 10.3. The normalized spacial score (nSPS) is 13.4. The van der Waals surface area contributed by atoms with Gasteiger partial charge in [0.1, 0.15) is 12.4 Å². The monoisotopic (exact) mass is 284 g/mol. The second-order valence-electron chi connectivity index (χ2n) is 5.09. The smallest absolute Gasteiger partial charge is 0.119 e. The van der Waals surface area contributed by atoms with Crippen molar-refractivity contribution in [3.8, 4) is 23.7 Å². The number of nitriles is 1. The molecule has 4 heteroatoms. The van der Waals surface area contributed by atoms with Gasteiger partial charge in [-0.3, -0.25) is 4.90 Å². The van der Waals surface area contributed by atoms with Crippen LogP contribution in [0.2, 0.25) is 0 Å². The lowest BCUT2D eigenvalue weighted by molar-refractivity contribution is 0.260. The van der Waals surface area contributed by atoms with Crippen LogP contribution in [0.1, 0.15) is 30.4 Å². The molecule has 1 aromatic carbocycles. The van der Waals surface area contributed by atoms with Crippen LogP contribution in [0.15, 0.2) is 18.2 Å². The molecule has 0 unspecified atom stereocenters. The van der Waals surface area contributed by atoms with Gasteiger partial charge in [0, 0.05) is 31.1 Å². The van der Waals surface area contributed by atoms with E-state index < -0.39 is 0 Å². The van der Waals surface area contributed by atoms with Crippen LogP contribution in [0.5, 0.6) is 5.75 Å². The van der Waals surface area contributed by atoms with Crippen molar-refractivity contribution >= 4 is 0 Å². The van der Waals surface area contributed by atoms with E-state index in [9.17, 15) is 0 Å². The van der Waals surface area contributed by atoms with E-state index in [1.54, 1.807) is 7.11 Å². The van der Waals surface area contributed by atoms with Crippen molar-refractivity contribution < 1.29 is 9.84 Å². The molecule has 1 N–H and O–H groups in total. The number of benzene rings is 1. The number of hydrogen-bond acceptors (Lipinski definition) is 4. The number of aliphatic hydroxyl groups excluding tert-OH is 1. The Labute approximate surface area is 125 Å². The highest BCUT2D eigenvalue weighted by molar-refractivity contribution is 5.45. The Morgan fingerprint density at radius 1 is 1.43 bits per heavy atom. The predicted octanol–water partition coefficient (Wildman–Crippen LogP) is 1.92. The number of rotatable bonds is 6. The molecule has 0 spiro atoms. The minimum Gasteiger partial charge on any atom is -0.497 e. The van der Waals surface area contributed by atoms with Gasteiger partial charge >= 0.3 is 0 Å². The topological polar surface area (TPSA) is 56.5 Å². The molecule has 1 saturated carbocycles. The Bertz CT molecular complexity index is 577. The molecular formula is C17H20N2O2. The molecule has 110 valence electrons. The third-order valence-corrected chi connectivity index (χ3v) is 3.56. The Hall–Kier alpha value is -2.01. The summed E-state index contributed by atoms with van der Waals surface area (Å²) >= 11 is 0. The van der Waals surface area contributed by atoms with Gasteiger partial charge in [-0.05, 0) is 36.6 Å². The van der Waals surface area contributed by atoms with E-state index in [1.807, 2.05) is 18.2 Å². The molecule has 0 aliphatic heterocycles. The Morgan fingerprint density at radius 3 is 2.86 bits per heavy atom. The van der Waals surface area contributed by atoms with Crippen LogP contribution in [0.25, 0.3) is 0 Å². The zero-order valence-electron chi connectivity index (χ0n) is 12.3. The molecule has 0 radical (unpaired) electrons. The average molecular weight is 284 g/mol. The van der Waals surface area contributed by atoms with E-state index in [-0.39, 0.29) is 6.61 Å². The maximum atomic E-state index is 8.87. The first-order valence-corrected chi connectivity index (χ1v) is 7.16. The first-order valence-electron chi connectivity index (χ1n) is 7.16. The van der Waals surface area contributed by atoms with Gasteiger partial charge in [-0.1, -0.05) is 11.8 Å². The Balaban J connectivity index is 2.20. The van der Waals surface area contributed by atoms with Crippen molar-refractivity contribution in [2.45, 2.75) is 31.8 Å².